The Morgan fingerprint density at radius 2 is 0.920 bits per heavy atom. The van der Waals surface area contributed by atoms with Crippen molar-refractivity contribution < 1.29 is 0 Å². The van der Waals surface area contributed by atoms with Gasteiger partial charge in [0.25, 0.3) is 0 Å². The number of para-hydroxylation sites is 2. The minimum Gasteiger partial charge on any atom is -0.309 e. The Kier molecular flexibility index (Phi) is 7.49. The average Bonchev–Trinajstić information content (AvgIpc) is 3.61. The molecular weight excluding hydrogens is 607 g/mol. The molecule has 2 aromatic heterocycles. The van der Waals surface area contributed by atoms with Crippen molar-refractivity contribution in [1.82, 2.24) is 9.61 Å². The molecule has 2 heterocycles. The number of benzene rings is 7. The maximum atomic E-state index is 5.43. The number of fused-ring (bicyclic) bond motifs is 3. The van der Waals surface area contributed by atoms with Crippen LogP contribution in [0.1, 0.15) is 0 Å². The molecule has 3 nitrogen and oxygen atoms in total. The molecule has 0 saturated carbocycles. The van der Waals surface area contributed by atoms with E-state index in [-0.39, 0.29) is 0 Å². The van der Waals surface area contributed by atoms with E-state index in [1.165, 1.54) is 11.1 Å². The van der Waals surface area contributed by atoms with Gasteiger partial charge in [-0.1, -0.05) is 170 Å². The molecule has 50 heavy (non-hydrogen) atoms. The van der Waals surface area contributed by atoms with Crippen LogP contribution in [0.25, 0.3) is 61.1 Å². The van der Waals surface area contributed by atoms with Crippen LogP contribution in [0.3, 0.4) is 0 Å². The van der Waals surface area contributed by atoms with Gasteiger partial charge in [0.05, 0.1) is 22.6 Å². The van der Waals surface area contributed by atoms with E-state index < -0.39 is 0 Å². The van der Waals surface area contributed by atoms with Crippen LogP contribution in [0.15, 0.2) is 200 Å². The van der Waals surface area contributed by atoms with E-state index in [2.05, 4.69) is 210 Å². The molecule has 0 aliphatic rings. The molecule has 7 aromatic carbocycles. The molecule has 3 heteroatoms. The quantitative estimate of drug-likeness (QED) is 0.173. The van der Waals surface area contributed by atoms with Crippen LogP contribution in [0.2, 0.25) is 0 Å². The highest BCUT2D eigenvalue weighted by atomic mass is 15.2. The normalized spacial score (nSPS) is 11.2. The molecule has 9 rings (SSSR count). The van der Waals surface area contributed by atoms with Gasteiger partial charge in [-0.05, 0) is 41.5 Å². The zero-order valence-corrected chi connectivity index (χ0v) is 27.4. The summed E-state index contributed by atoms with van der Waals surface area (Å²) in [6, 6.07) is 70.9. The van der Waals surface area contributed by atoms with Crippen LogP contribution in [-0.4, -0.2) is 9.61 Å². The Balaban J connectivity index is 1.43. The van der Waals surface area contributed by atoms with Gasteiger partial charge in [-0.2, -0.15) is 5.10 Å². The largest absolute Gasteiger partial charge is 0.309 e. The zero-order chi connectivity index (χ0) is 33.3. The van der Waals surface area contributed by atoms with E-state index in [1.807, 2.05) is 0 Å². The summed E-state index contributed by atoms with van der Waals surface area (Å²) in [5.41, 5.74) is 13.1. The summed E-state index contributed by atoms with van der Waals surface area (Å²) in [7, 11) is 0. The maximum Gasteiger partial charge on any atom is 0.101 e. The smallest absolute Gasteiger partial charge is 0.101 e. The lowest BCUT2D eigenvalue weighted by molar-refractivity contribution is 0.979. The van der Waals surface area contributed by atoms with Gasteiger partial charge in [0, 0.05) is 38.7 Å². The number of hydrogen-bond donors (Lipinski definition) is 0. The summed E-state index contributed by atoms with van der Waals surface area (Å²) in [5, 5.41) is 7.71. The van der Waals surface area contributed by atoms with Gasteiger partial charge >= 0.3 is 0 Å². The van der Waals surface area contributed by atoms with Gasteiger partial charge in [-0.3, -0.25) is 0 Å². The molecule has 0 aliphatic carbocycles. The minimum absolute atomic E-state index is 0.959. The average molecular weight is 640 g/mol. The molecule has 0 bridgehead atoms. The zero-order valence-electron chi connectivity index (χ0n) is 27.4. The fraction of sp³-hybridized carbons (Fsp3) is 0. The lowest BCUT2D eigenvalue weighted by Crippen LogP contribution is -2.12. The summed E-state index contributed by atoms with van der Waals surface area (Å²) in [4.78, 5) is 2.41. The molecule has 0 unspecified atom stereocenters. The first-order valence-corrected chi connectivity index (χ1v) is 17.0. The van der Waals surface area contributed by atoms with Crippen molar-refractivity contribution in [3.05, 3.63) is 200 Å². The van der Waals surface area contributed by atoms with Crippen molar-refractivity contribution in [2.45, 2.75) is 0 Å². The number of hydrogen-bond acceptors (Lipinski definition) is 2. The highest BCUT2D eigenvalue weighted by Gasteiger charge is 2.25. The molecule has 0 aliphatic heterocycles. The number of pyridine rings is 1. The summed E-state index contributed by atoms with van der Waals surface area (Å²) >= 11 is 0. The molecule has 0 saturated heterocycles. The van der Waals surface area contributed by atoms with Crippen LogP contribution in [-0.2, 0) is 0 Å². The summed E-state index contributed by atoms with van der Waals surface area (Å²) in [5.74, 6) is 0. The fourth-order valence-corrected chi connectivity index (χ4v) is 7.15. The third-order valence-corrected chi connectivity index (χ3v) is 9.40. The summed E-state index contributed by atoms with van der Waals surface area (Å²) < 4.78 is 2.16. The van der Waals surface area contributed by atoms with E-state index in [4.69, 9.17) is 5.10 Å². The number of nitrogens with zero attached hydrogens (tertiary/aromatic N) is 3. The van der Waals surface area contributed by atoms with E-state index in [9.17, 15) is 0 Å². The van der Waals surface area contributed by atoms with Crippen LogP contribution >= 0.6 is 0 Å². The summed E-state index contributed by atoms with van der Waals surface area (Å²) in [6.07, 6.45) is 0. The van der Waals surface area contributed by atoms with Gasteiger partial charge in [0.1, 0.15) is 5.69 Å². The molecular formula is C47H33N3. The predicted octanol–water partition coefficient (Wildman–Crippen LogP) is 12.6. The molecule has 0 amide bonds. The minimum atomic E-state index is 0.959. The lowest BCUT2D eigenvalue weighted by atomic mass is 9.95. The van der Waals surface area contributed by atoms with E-state index in [0.717, 1.165) is 67.0 Å². The number of rotatable bonds is 7. The van der Waals surface area contributed by atoms with Gasteiger partial charge in [-0.15, -0.1) is 0 Å². The fourth-order valence-electron chi connectivity index (χ4n) is 7.15. The van der Waals surface area contributed by atoms with Crippen molar-refractivity contribution in [3.8, 4) is 44.8 Å². The highest BCUT2D eigenvalue weighted by Crippen LogP contribution is 2.47. The second-order valence-electron chi connectivity index (χ2n) is 12.4. The summed E-state index contributed by atoms with van der Waals surface area (Å²) in [6.45, 7) is 0. The lowest BCUT2D eigenvalue weighted by Gasteiger charge is -2.29. The SMILES string of the molecule is c1ccc(-c2ccccc2N(c2ccccc2)c2cccc3c2cc(-c2ccccc2)n2nc(-c4ccccc4)c(-c4ccccc4)c32)cc1. The molecule has 0 fully saturated rings. The number of aromatic nitrogens is 2. The molecule has 0 N–H and O–H groups in total. The Bertz CT molecular complexity index is 2560. The topological polar surface area (TPSA) is 20.5 Å². The Labute approximate surface area is 292 Å². The standard InChI is InChI=1S/C47H33N3/c1-6-19-34(20-7-1)39-29-16-17-31-42(39)49(38-27-14-5-15-28-38)43-32-18-30-40-41(43)33-44(35-21-8-2-9-22-35)50-47(40)45(36-23-10-3-11-24-36)46(48-50)37-25-12-4-13-26-37/h1-33H. The molecule has 0 spiro atoms. The van der Waals surface area contributed by atoms with Crippen molar-refractivity contribution in [1.29, 1.82) is 0 Å². The van der Waals surface area contributed by atoms with Gasteiger partial charge in [0.15, 0.2) is 0 Å². The third kappa shape index (κ3) is 5.13. The molecule has 236 valence electrons. The van der Waals surface area contributed by atoms with Crippen LogP contribution in [0.4, 0.5) is 17.1 Å². The van der Waals surface area contributed by atoms with Crippen molar-refractivity contribution in [2.24, 2.45) is 0 Å². The molecule has 0 atom stereocenters. The molecule has 9 aromatic rings. The molecule has 0 radical (unpaired) electrons. The third-order valence-electron chi connectivity index (χ3n) is 9.40. The second kappa shape index (κ2) is 12.7. The van der Waals surface area contributed by atoms with Crippen LogP contribution in [0, 0.1) is 0 Å². The van der Waals surface area contributed by atoms with E-state index >= 15 is 0 Å². The monoisotopic (exact) mass is 639 g/mol. The Hall–Kier alpha value is -6.71. The van der Waals surface area contributed by atoms with Crippen molar-refractivity contribution in [3.63, 3.8) is 0 Å². The van der Waals surface area contributed by atoms with Crippen molar-refractivity contribution in [2.75, 3.05) is 4.90 Å². The Morgan fingerprint density at radius 1 is 0.400 bits per heavy atom. The van der Waals surface area contributed by atoms with Gasteiger partial charge in [0.2, 0.25) is 0 Å². The number of anilines is 3. The Morgan fingerprint density at radius 3 is 1.58 bits per heavy atom. The van der Waals surface area contributed by atoms with E-state index in [1.54, 1.807) is 0 Å². The highest BCUT2D eigenvalue weighted by molar-refractivity contribution is 6.13. The first-order valence-electron chi connectivity index (χ1n) is 17.0. The first-order chi connectivity index (χ1) is 24.8. The van der Waals surface area contributed by atoms with E-state index in [0.29, 0.717) is 0 Å². The first kappa shape index (κ1) is 29.4. The van der Waals surface area contributed by atoms with Crippen molar-refractivity contribution >= 4 is 33.4 Å². The predicted molar refractivity (Wildman–Crippen MR) is 209 cm³/mol. The van der Waals surface area contributed by atoms with Crippen LogP contribution < -0.4 is 4.90 Å². The van der Waals surface area contributed by atoms with Gasteiger partial charge < -0.3 is 4.90 Å². The van der Waals surface area contributed by atoms with Crippen LogP contribution in [0.5, 0.6) is 0 Å². The maximum absolute atomic E-state index is 5.43. The van der Waals surface area contributed by atoms with Gasteiger partial charge in [-0.25, -0.2) is 4.52 Å². The second-order valence-corrected chi connectivity index (χ2v) is 12.4.